The first-order chi connectivity index (χ1) is 11.5. The Hall–Kier alpha value is -1.62. The molecule has 1 amide bonds. The number of rotatable bonds is 7. The molecule has 0 spiro atoms. The number of piperidine rings is 1. The lowest BCUT2D eigenvalue weighted by atomic mass is 9.83. The van der Waals surface area contributed by atoms with E-state index in [1.165, 1.54) is 0 Å². The van der Waals surface area contributed by atoms with E-state index in [4.69, 9.17) is 0 Å². The van der Waals surface area contributed by atoms with Crippen LogP contribution in [0.5, 0.6) is 0 Å². The molecule has 0 saturated carbocycles. The zero-order chi connectivity index (χ0) is 17.6. The van der Waals surface area contributed by atoms with E-state index in [9.17, 15) is 9.90 Å². The van der Waals surface area contributed by atoms with Crippen molar-refractivity contribution < 1.29 is 9.90 Å². The molecule has 1 fully saturated rings. The number of hydrogen-bond acceptors (Lipinski definition) is 4. The standard InChI is InChI=1S/C19H31N3O2/c1-4-19(5-2,14-23)13-21-18(24)16-8-10-22(11-9-16)17-7-6-15(3)12-20-17/h6-7,12,16,23H,4-5,8-11,13-14H2,1-3H3,(H,21,24). The summed E-state index contributed by atoms with van der Waals surface area (Å²) in [5.74, 6) is 1.19. The van der Waals surface area contributed by atoms with Gasteiger partial charge in [-0.1, -0.05) is 19.9 Å². The number of aryl methyl sites for hydroxylation is 1. The molecule has 1 aromatic heterocycles. The Bertz CT molecular complexity index is 510. The Labute approximate surface area is 145 Å². The quantitative estimate of drug-likeness (QED) is 0.805. The van der Waals surface area contributed by atoms with Crippen molar-refractivity contribution in [1.29, 1.82) is 0 Å². The highest BCUT2D eigenvalue weighted by Crippen LogP contribution is 2.26. The van der Waals surface area contributed by atoms with E-state index in [-0.39, 0.29) is 23.8 Å². The van der Waals surface area contributed by atoms with Gasteiger partial charge in [-0.3, -0.25) is 4.79 Å². The van der Waals surface area contributed by atoms with E-state index in [1.807, 2.05) is 19.2 Å². The van der Waals surface area contributed by atoms with Gasteiger partial charge < -0.3 is 15.3 Å². The third-order valence-electron chi connectivity index (χ3n) is 5.56. The van der Waals surface area contributed by atoms with Crippen molar-refractivity contribution in [2.75, 3.05) is 31.1 Å². The fourth-order valence-corrected chi connectivity index (χ4v) is 3.22. The molecule has 0 atom stereocenters. The maximum atomic E-state index is 12.5. The van der Waals surface area contributed by atoms with E-state index in [2.05, 4.69) is 35.1 Å². The molecule has 2 rings (SSSR count). The lowest BCUT2D eigenvalue weighted by Gasteiger charge is -2.34. The van der Waals surface area contributed by atoms with Gasteiger partial charge in [0.1, 0.15) is 5.82 Å². The smallest absolute Gasteiger partial charge is 0.223 e. The molecule has 24 heavy (non-hydrogen) atoms. The minimum absolute atomic E-state index is 0.0665. The van der Waals surface area contributed by atoms with Crippen LogP contribution in [0.2, 0.25) is 0 Å². The number of amides is 1. The molecule has 0 radical (unpaired) electrons. The number of pyridine rings is 1. The fourth-order valence-electron chi connectivity index (χ4n) is 3.22. The summed E-state index contributed by atoms with van der Waals surface area (Å²) in [5.41, 5.74) is 0.981. The lowest BCUT2D eigenvalue weighted by molar-refractivity contribution is -0.126. The first kappa shape index (κ1) is 18.7. The van der Waals surface area contributed by atoms with E-state index in [0.717, 1.165) is 50.2 Å². The molecule has 0 aliphatic carbocycles. The van der Waals surface area contributed by atoms with Crippen molar-refractivity contribution in [2.24, 2.45) is 11.3 Å². The van der Waals surface area contributed by atoms with Crippen molar-refractivity contribution >= 4 is 11.7 Å². The van der Waals surface area contributed by atoms with Gasteiger partial charge in [-0.25, -0.2) is 4.98 Å². The molecular weight excluding hydrogens is 302 g/mol. The van der Waals surface area contributed by atoms with Gasteiger partial charge in [-0.15, -0.1) is 0 Å². The van der Waals surface area contributed by atoms with Crippen molar-refractivity contribution in [3.8, 4) is 0 Å². The molecule has 0 unspecified atom stereocenters. The summed E-state index contributed by atoms with van der Waals surface area (Å²) >= 11 is 0. The maximum Gasteiger partial charge on any atom is 0.223 e. The molecule has 1 aliphatic heterocycles. The molecule has 2 N–H and O–H groups in total. The van der Waals surface area contributed by atoms with Gasteiger partial charge in [0.2, 0.25) is 5.91 Å². The molecule has 5 heteroatoms. The molecule has 1 aliphatic rings. The third-order valence-corrected chi connectivity index (χ3v) is 5.56. The number of nitrogens with one attached hydrogen (secondary N) is 1. The predicted octanol–water partition coefficient (Wildman–Crippen LogP) is 2.52. The number of nitrogens with zero attached hydrogens (tertiary/aromatic N) is 2. The predicted molar refractivity (Wildman–Crippen MR) is 97.0 cm³/mol. The number of carbonyl (C=O) groups excluding carboxylic acids is 1. The lowest BCUT2D eigenvalue weighted by Crippen LogP contribution is -2.45. The van der Waals surface area contributed by atoms with Gasteiger partial charge in [0, 0.05) is 37.2 Å². The van der Waals surface area contributed by atoms with Crippen LogP contribution < -0.4 is 10.2 Å². The molecule has 2 heterocycles. The molecule has 134 valence electrons. The van der Waals surface area contributed by atoms with Gasteiger partial charge in [0.25, 0.3) is 0 Å². The Morgan fingerprint density at radius 2 is 2.00 bits per heavy atom. The largest absolute Gasteiger partial charge is 0.396 e. The van der Waals surface area contributed by atoms with Crippen LogP contribution in [0.3, 0.4) is 0 Å². The Kier molecular flexibility index (Phi) is 6.60. The van der Waals surface area contributed by atoms with E-state index in [0.29, 0.717) is 6.54 Å². The zero-order valence-corrected chi connectivity index (χ0v) is 15.2. The monoisotopic (exact) mass is 333 g/mol. The second-order valence-electron chi connectivity index (χ2n) is 7.04. The summed E-state index contributed by atoms with van der Waals surface area (Å²) in [6, 6.07) is 4.12. The summed E-state index contributed by atoms with van der Waals surface area (Å²) in [5, 5.41) is 12.7. The number of carbonyl (C=O) groups is 1. The van der Waals surface area contributed by atoms with Crippen LogP contribution in [0.1, 0.15) is 45.1 Å². The summed E-state index contributed by atoms with van der Waals surface area (Å²) in [4.78, 5) is 19.2. The topological polar surface area (TPSA) is 65.5 Å². The highest BCUT2D eigenvalue weighted by molar-refractivity contribution is 5.79. The van der Waals surface area contributed by atoms with E-state index >= 15 is 0 Å². The van der Waals surface area contributed by atoms with Crippen LogP contribution in [0.15, 0.2) is 18.3 Å². The van der Waals surface area contributed by atoms with Crippen molar-refractivity contribution in [3.05, 3.63) is 23.9 Å². The second kappa shape index (κ2) is 8.47. The van der Waals surface area contributed by atoms with Crippen LogP contribution >= 0.6 is 0 Å². The second-order valence-corrected chi connectivity index (χ2v) is 7.04. The first-order valence-corrected chi connectivity index (χ1v) is 9.09. The van der Waals surface area contributed by atoms with E-state index < -0.39 is 0 Å². The highest BCUT2D eigenvalue weighted by Gasteiger charge is 2.29. The number of anilines is 1. The number of aromatic nitrogens is 1. The fraction of sp³-hybridized carbons (Fsp3) is 0.684. The van der Waals surface area contributed by atoms with Crippen LogP contribution in [-0.4, -0.2) is 42.2 Å². The Balaban J connectivity index is 1.83. The van der Waals surface area contributed by atoms with Gasteiger partial charge in [0.05, 0.1) is 6.61 Å². The summed E-state index contributed by atoms with van der Waals surface area (Å²) in [7, 11) is 0. The Morgan fingerprint density at radius 1 is 1.33 bits per heavy atom. The van der Waals surface area contributed by atoms with Gasteiger partial charge in [-0.2, -0.15) is 0 Å². The number of aliphatic hydroxyl groups excluding tert-OH is 1. The number of hydrogen-bond donors (Lipinski definition) is 2. The van der Waals surface area contributed by atoms with Gasteiger partial charge >= 0.3 is 0 Å². The van der Waals surface area contributed by atoms with Gasteiger partial charge in [0.15, 0.2) is 0 Å². The maximum absolute atomic E-state index is 12.5. The average Bonchev–Trinajstić information content (AvgIpc) is 2.64. The highest BCUT2D eigenvalue weighted by atomic mass is 16.3. The molecular formula is C19H31N3O2. The molecule has 0 aromatic carbocycles. The Morgan fingerprint density at radius 3 is 2.50 bits per heavy atom. The third kappa shape index (κ3) is 4.47. The first-order valence-electron chi connectivity index (χ1n) is 9.09. The van der Waals surface area contributed by atoms with Crippen molar-refractivity contribution in [3.63, 3.8) is 0 Å². The average molecular weight is 333 g/mol. The normalized spacial score (nSPS) is 16.2. The summed E-state index contributed by atoms with van der Waals surface area (Å²) < 4.78 is 0. The van der Waals surface area contributed by atoms with Crippen molar-refractivity contribution in [1.82, 2.24) is 10.3 Å². The van der Waals surface area contributed by atoms with Crippen molar-refractivity contribution in [2.45, 2.75) is 46.5 Å². The molecule has 5 nitrogen and oxygen atoms in total. The zero-order valence-electron chi connectivity index (χ0n) is 15.2. The SMILES string of the molecule is CCC(CC)(CO)CNC(=O)C1CCN(c2ccc(C)cn2)CC1. The number of aliphatic hydroxyl groups is 1. The van der Waals surface area contributed by atoms with Crippen LogP contribution in [0.4, 0.5) is 5.82 Å². The minimum Gasteiger partial charge on any atom is -0.396 e. The van der Waals surface area contributed by atoms with E-state index in [1.54, 1.807) is 0 Å². The molecule has 0 bridgehead atoms. The molecule has 1 saturated heterocycles. The minimum atomic E-state index is -0.178. The van der Waals surface area contributed by atoms with Crippen LogP contribution in [0, 0.1) is 18.3 Å². The van der Waals surface area contributed by atoms with Crippen LogP contribution in [0.25, 0.3) is 0 Å². The van der Waals surface area contributed by atoms with Gasteiger partial charge in [-0.05, 0) is 44.2 Å². The summed E-state index contributed by atoms with van der Waals surface area (Å²) in [6.45, 7) is 8.58. The van der Waals surface area contributed by atoms with Crippen LogP contribution in [-0.2, 0) is 4.79 Å². The summed E-state index contributed by atoms with van der Waals surface area (Å²) in [6.07, 6.45) is 5.34. The molecule has 1 aromatic rings.